The molecule has 0 aliphatic heterocycles. The van der Waals surface area contributed by atoms with Crippen LogP contribution in [-0.4, -0.2) is 26.2 Å². The lowest BCUT2D eigenvalue weighted by Crippen LogP contribution is -2.35. The van der Waals surface area contributed by atoms with Gasteiger partial charge in [0.1, 0.15) is 6.04 Å². The first kappa shape index (κ1) is 18.7. The highest BCUT2D eigenvalue weighted by molar-refractivity contribution is 5.82. The summed E-state index contributed by atoms with van der Waals surface area (Å²) in [4.78, 5) is 12.1. The number of methoxy groups -OCH3 is 1. The molecule has 0 aromatic heterocycles. The zero-order valence-electron chi connectivity index (χ0n) is 13.7. The summed E-state index contributed by atoms with van der Waals surface area (Å²) in [5.74, 6) is -0.120. The summed E-state index contributed by atoms with van der Waals surface area (Å²) < 4.78 is 34.3. The molecule has 1 amide bonds. The summed E-state index contributed by atoms with van der Waals surface area (Å²) >= 11 is 0. The van der Waals surface area contributed by atoms with Crippen LogP contribution in [0.5, 0.6) is 11.5 Å². The van der Waals surface area contributed by atoms with Crippen molar-refractivity contribution in [1.29, 1.82) is 0 Å². The van der Waals surface area contributed by atoms with Crippen LogP contribution in [-0.2, 0) is 11.2 Å². The number of benzene rings is 2. The molecule has 2 aromatic carbocycles. The van der Waals surface area contributed by atoms with Crippen molar-refractivity contribution in [1.82, 2.24) is 5.32 Å². The number of nitrogens with one attached hydrogen (secondary N) is 1. The first-order valence-corrected chi connectivity index (χ1v) is 7.71. The highest BCUT2D eigenvalue weighted by Gasteiger charge is 2.15. The topological polar surface area (TPSA) is 73.6 Å². The van der Waals surface area contributed by atoms with Crippen molar-refractivity contribution in [3.63, 3.8) is 0 Å². The second kappa shape index (κ2) is 8.98. The standard InChI is InChI=1S/C18H20F2N2O3/c1-24-14-8-7-12(11-15(14)25-18(19)20)9-10-22-17(23)16(21)13-5-3-2-4-6-13/h2-8,11,16,18H,9-10,21H2,1H3,(H,22,23). The van der Waals surface area contributed by atoms with Gasteiger partial charge in [-0.3, -0.25) is 4.79 Å². The molecule has 0 aliphatic rings. The first-order valence-electron chi connectivity index (χ1n) is 7.71. The molecule has 0 saturated heterocycles. The minimum absolute atomic E-state index is 0.0395. The van der Waals surface area contributed by atoms with E-state index < -0.39 is 12.7 Å². The van der Waals surface area contributed by atoms with Gasteiger partial charge in [-0.15, -0.1) is 0 Å². The number of rotatable bonds is 8. The largest absolute Gasteiger partial charge is 0.493 e. The Morgan fingerprint density at radius 3 is 2.52 bits per heavy atom. The van der Waals surface area contributed by atoms with Crippen molar-refractivity contribution in [2.45, 2.75) is 19.1 Å². The van der Waals surface area contributed by atoms with E-state index in [1.165, 1.54) is 13.2 Å². The molecule has 1 atom stereocenters. The maximum Gasteiger partial charge on any atom is 0.387 e. The van der Waals surface area contributed by atoms with Crippen LogP contribution in [0.3, 0.4) is 0 Å². The van der Waals surface area contributed by atoms with E-state index in [-0.39, 0.29) is 17.4 Å². The molecule has 0 saturated carbocycles. The Morgan fingerprint density at radius 2 is 1.88 bits per heavy atom. The quantitative estimate of drug-likeness (QED) is 0.768. The Balaban J connectivity index is 1.92. The van der Waals surface area contributed by atoms with E-state index >= 15 is 0 Å². The Hall–Kier alpha value is -2.67. The number of amides is 1. The molecule has 0 spiro atoms. The summed E-state index contributed by atoms with van der Waals surface area (Å²) in [6.07, 6.45) is 0.441. The number of alkyl halides is 2. The third-order valence-corrected chi connectivity index (χ3v) is 3.60. The lowest BCUT2D eigenvalue weighted by atomic mass is 10.1. The van der Waals surface area contributed by atoms with Crippen molar-refractivity contribution in [2.75, 3.05) is 13.7 Å². The van der Waals surface area contributed by atoms with E-state index in [4.69, 9.17) is 10.5 Å². The number of hydrogen-bond donors (Lipinski definition) is 2. The van der Waals surface area contributed by atoms with Gasteiger partial charge in [0, 0.05) is 6.54 Å². The average molecular weight is 350 g/mol. The monoisotopic (exact) mass is 350 g/mol. The smallest absolute Gasteiger partial charge is 0.387 e. The fourth-order valence-electron chi connectivity index (χ4n) is 2.32. The van der Waals surface area contributed by atoms with Crippen LogP contribution in [0, 0.1) is 0 Å². The van der Waals surface area contributed by atoms with E-state index in [9.17, 15) is 13.6 Å². The molecule has 7 heteroatoms. The van der Waals surface area contributed by atoms with Crippen LogP contribution < -0.4 is 20.5 Å². The average Bonchev–Trinajstić information content (AvgIpc) is 2.61. The second-order valence-corrected chi connectivity index (χ2v) is 5.29. The molecule has 0 radical (unpaired) electrons. The SMILES string of the molecule is COc1ccc(CCNC(=O)C(N)c2ccccc2)cc1OC(F)F. The third-order valence-electron chi connectivity index (χ3n) is 3.60. The van der Waals surface area contributed by atoms with Gasteiger partial charge in [0.15, 0.2) is 11.5 Å². The number of nitrogens with two attached hydrogens (primary N) is 1. The van der Waals surface area contributed by atoms with Gasteiger partial charge in [-0.05, 0) is 29.7 Å². The predicted molar refractivity (Wildman–Crippen MR) is 89.7 cm³/mol. The van der Waals surface area contributed by atoms with Crippen molar-refractivity contribution in [2.24, 2.45) is 5.73 Å². The number of carbonyl (C=O) groups is 1. The van der Waals surface area contributed by atoms with E-state index in [0.29, 0.717) is 13.0 Å². The lowest BCUT2D eigenvalue weighted by Gasteiger charge is -2.14. The Kier molecular flexibility index (Phi) is 6.71. The Morgan fingerprint density at radius 1 is 1.16 bits per heavy atom. The van der Waals surface area contributed by atoms with Crippen LogP contribution in [0.1, 0.15) is 17.2 Å². The number of halogens is 2. The van der Waals surface area contributed by atoms with Gasteiger partial charge in [-0.2, -0.15) is 8.78 Å². The summed E-state index contributed by atoms with van der Waals surface area (Å²) in [5.41, 5.74) is 7.35. The molecule has 2 rings (SSSR count). The maximum atomic E-state index is 12.4. The number of ether oxygens (including phenoxy) is 2. The van der Waals surface area contributed by atoms with Gasteiger partial charge in [0.25, 0.3) is 0 Å². The first-order chi connectivity index (χ1) is 12.0. The molecule has 0 heterocycles. The summed E-state index contributed by atoms with van der Waals surface area (Å²) in [5, 5.41) is 2.73. The minimum Gasteiger partial charge on any atom is -0.493 e. The number of hydrogen-bond acceptors (Lipinski definition) is 4. The molecule has 5 nitrogen and oxygen atoms in total. The third kappa shape index (κ3) is 5.42. The van der Waals surface area contributed by atoms with E-state index in [0.717, 1.165) is 11.1 Å². The molecule has 1 unspecified atom stereocenters. The second-order valence-electron chi connectivity index (χ2n) is 5.29. The van der Waals surface area contributed by atoms with Gasteiger partial charge >= 0.3 is 6.61 Å². The molecule has 2 aromatic rings. The van der Waals surface area contributed by atoms with Crippen LogP contribution in [0.25, 0.3) is 0 Å². The van der Waals surface area contributed by atoms with Gasteiger partial charge in [0.05, 0.1) is 7.11 Å². The minimum atomic E-state index is -2.94. The van der Waals surface area contributed by atoms with Crippen LogP contribution in [0.2, 0.25) is 0 Å². The molecule has 134 valence electrons. The number of carbonyl (C=O) groups excluding carboxylic acids is 1. The van der Waals surface area contributed by atoms with E-state index in [2.05, 4.69) is 10.1 Å². The van der Waals surface area contributed by atoms with Crippen molar-refractivity contribution in [3.05, 3.63) is 59.7 Å². The lowest BCUT2D eigenvalue weighted by molar-refractivity contribution is -0.122. The van der Waals surface area contributed by atoms with Gasteiger partial charge in [-0.25, -0.2) is 0 Å². The van der Waals surface area contributed by atoms with E-state index in [1.54, 1.807) is 24.3 Å². The van der Waals surface area contributed by atoms with E-state index in [1.807, 2.05) is 18.2 Å². The molecule has 0 bridgehead atoms. The van der Waals surface area contributed by atoms with Gasteiger partial charge in [0.2, 0.25) is 5.91 Å². The zero-order chi connectivity index (χ0) is 18.2. The molecule has 0 aliphatic carbocycles. The summed E-state index contributed by atoms with van der Waals surface area (Å²) in [7, 11) is 1.37. The zero-order valence-corrected chi connectivity index (χ0v) is 13.7. The molecule has 3 N–H and O–H groups in total. The van der Waals surface area contributed by atoms with Crippen molar-refractivity contribution in [3.8, 4) is 11.5 Å². The van der Waals surface area contributed by atoms with Crippen molar-refractivity contribution >= 4 is 5.91 Å². The summed E-state index contributed by atoms with van der Waals surface area (Å²) in [6.45, 7) is -2.62. The molecular formula is C18H20F2N2O3. The normalized spacial score (nSPS) is 11.9. The Labute approximate surface area is 144 Å². The fourth-order valence-corrected chi connectivity index (χ4v) is 2.32. The van der Waals surface area contributed by atoms with Gasteiger partial charge in [-0.1, -0.05) is 36.4 Å². The molecular weight excluding hydrogens is 330 g/mol. The fraction of sp³-hybridized carbons (Fsp3) is 0.278. The maximum absolute atomic E-state index is 12.4. The van der Waals surface area contributed by atoms with Crippen LogP contribution in [0.15, 0.2) is 48.5 Å². The molecule has 0 fully saturated rings. The highest BCUT2D eigenvalue weighted by atomic mass is 19.3. The van der Waals surface area contributed by atoms with Crippen molar-refractivity contribution < 1.29 is 23.0 Å². The Bertz CT molecular complexity index is 696. The van der Waals surface area contributed by atoms with Gasteiger partial charge < -0.3 is 20.5 Å². The van der Waals surface area contributed by atoms with Crippen LogP contribution >= 0.6 is 0 Å². The van der Waals surface area contributed by atoms with Crippen LogP contribution in [0.4, 0.5) is 8.78 Å². The highest BCUT2D eigenvalue weighted by Crippen LogP contribution is 2.29. The molecule has 25 heavy (non-hydrogen) atoms. The predicted octanol–water partition coefficient (Wildman–Crippen LogP) is 2.66. The summed E-state index contributed by atoms with van der Waals surface area (Å²) in [6, 6.07) is 13.0.